The van der Waals surface area contributed by atoms with E-state index in [1.54, 1.807) is 0 Å². The van der Waals surface area contributed by atoms with Crippen molar-refractivity contribution in [3.8, 4) is 0 Å². The summed E-state index contributed by atoms with van der Waals surface area (Å²) in [6.45, 7) is -0.554. The van der Waals surface area contributed by atoms with E-state index in [-0.39, 0.29) is 38.5 Å². The number of carboxylic acids is 1. The molecule has 2 amide bonds. The molecule has 2 heterocycles. The highest BCUT2D eigenvalue weighted by Gasteiger charge is 2.35. The molecule has 0 atom stereocenters. The molecule has 0 saturated carbocycles. The Bertz CT molecular complexity index is 2050. The number of sulfone groups is 1. The van der Waals surface area contributed by atoms with Gasteiger partial charge in [0.05, 0.1) is 43.4 Å². The van der Waals surface area contributed by atoms with Crippen LogP contribution in [0.25, 0.3) is 0 Å². The van der Waals surface area contributed by atoms with Crippen LogP contribution in [-0.2, 0) is 21.2 Å². The van der Waals surface area contributed by atoms with Crippen LogP contribution in [0.15, 0.2) is 86.3 Å². The minimum absolute atomic E-state index is 0.00585. The van der Waals surface area contributed by atoms with Crippen LogP contribution in [0, 0.1) is 11.6 Å². The van der Waals surface area contributed by atoms with Crippen molar-refractivity contribution >= 4 is 56.7 Å². The Morgan fingerprint density at radius 3 is 2.30 bits per heavy atom. The number of ether oxygens (including phenoxy) is 1. The quantitative estimate of drug-likeness (QED) is 0.263. The number of hydrogen-bond acceptors (Lipinski definition) is 8. The first kappa shape index (κ1) is 28.1. The van der Waals surface area contributed by atoms with Gasteiger partial charge < -0.3 is 20.5 Å². The van der Waals surface area contributed by atoms with Gasteiger partial charge in [-0.2, -0.15) is 0 Å². The maximum absolute atomic E-state index is 15.3. The molecule has 0 aromatic heterocycles. The lowest BCUT2D eigenvalue weighted by Gasteiger charge is -2.12. The van der Waals surface area contributed by atoms with Gasteiger partial charge in [-0.3, -0.25) is 9.59 Å². The van der Waals surface area contributed by atoms with Crippen molar-refractivity contribution in [3.05, 3.63) is 106 Å². The minimum Gasteiger partial charge on any atom is -0.478 e. The van der Waals surface area contributed by atoms with Gasteiger partial charge in [-0.25, -0.2) is 26.8 Å². The first-order chi connectivity index (χ1) is 20.4. The van der Waals surface area contributed by atoms with Crippen molar-refractivity contribution in [2.45, 2.75) is 26.2 Å². The lowest BCUT2D eigenvalue weighted by atomic mass is 10.1. The van der Waals surface area contributed by atoms with Crippen molar-refractivity contribution in [3.63, 3.8) is 0 Å². The second-order valence-electron chi connectivity index (χ2n) is 9.39. The number of fused-ring (bicyclic) bond motifs is 4. The van der Waals surface area contributed by atoms with Crippen LogP contribution in [0.5, 0.6) is 0 Å². The van der Waals surface area contributed by atoms with Crippen molar-refractivity contribution in [2.75, 3.05) is 10.6 Å². The molecule has 43 heavy (non-hydrogen) atoms. The van der Waals surface area contributed by atoms with Crippen LogP contribution in [0.4, 0.5) is 20.2 Å². The zero-order valence-corrected chi connectivity index (χ0v) is 23.1. The van der Waals surface area contributed by atoms with Gasteiger partial charge in [0.25, 0.3) is 11.8 Å². The smallest absolute Gasteiger partial charge is 0.338 e. The predicted octanol–water partition coefficient (Wildman–Crippen LogP) is 5.14. The molecule has 4 aromatic rings. The second kappa shape index (κ2) is 10.3. The van der Waals surface area contributed by atoms with Gasteiger partial charge in [0.15, 0.2) is 0 Å². The van der Waals surface area contributed by atoms with E-state index in [4.69, 9.17) is 4.74 Å². The Balaban J connectivity index is 1.25. The van der Waals surface area contributed by atoms with Gasteiger partial charge in [-0.1, -0.05) is 17.8 Å². The molecular weight excluding hydrogens is 606 g/mol. The Morgan fingerprint density at radius 1 is 0.837 bits per heavy atom. The number of halogens is 2. The maximum Gasteiger partial charge on any atom is 0.338 e. The molecule has 0 aliphatic carbocycles. The van der Waals surface area contributed by atoms with E-state index >= 15 is 4.39 Å². The van der Waals surface area contributed by atoms with E-state index in [2.05, 4.69) is 10.6 Å². The Kier molecular flexibility index (Phi) is 6.74. The number of hydrogen-bond donors (Lipinski definition) is 3. The first-order valence-corrected chi connectivity index (χ1v) is 14.6. The fourth-order valence-electron chi connectivity index (χ4n) is 4.64. The van der Waals surface area contributed by atoms with E-state index < -0.39 is 67.2 Å². The standard InChI is InChI=1S/C29H16F2N2O8S2/c30-18-3-1-2-16-24(18)42-22-6-4-15(11-20(22)32-26(16)34)29(38)41-12-13-8-17-25(19(31)9-13)43(39,40)23-7-5-14(28(36)37)10-21(23)33-27(17)35/h1-11H,12H2,(H,32,34)(H,33,35)(H,36,37). The van der Waals surface area contributed by atoms with Crippen molar-refractivity contribution in [1.29, 1.82) is 0 Å². The van der Waals surface area contributed by atoms with Gasteiger partial charge >= 0.3 is 11.9 Å². The van der Waals surface area contributed by atoms with Crippen LogP contribution < -0.4 is 10.6 Å². The molecule has 3 N–H and O–H groups in total. The van der Waals surface area contributed by atoms with Crippen LogP contribution >= 0.6 is 11.8 Å². The molecule has 4 aromatic carbocycles. The number of carboxylic acid groups (broad SMARTS) is 1. The predicted molar refractivity (Wildman–Crippen MR) is 147 cm³/mol. The molecule has 14 heteroatoms. The third-order valence-corrected chi connectivity index (χ3v) is 9.72. The summed E-state index contributed by atoms with van der Waals surface area (Å²) in [5.41, 5.74) is -0.844. The third kappa shape index (κ3) is 4.89. The molecule has 0 radical (unpaired) electrons. The summed E-state index contributed by atoms with van der Waals surface area (Å²) in [7, 11) is -4.59. The fourth-order valence-corrected chi connectivity index (χ4v) is 7.27. The number of nitrogens with one attached hydrogen (secondary N) is 2. The van der Waals surface area contributed by atoms with Crippen LogP contribution in [0.2, 0.25) is 0 Å². The average Bonchev–Trinajstić information content (AvgIpc) is 3.15. The summed E-state index contributed by atoms with van der Waals surface area (Å²) in [6.07, 6.45) is 0. The van der Waals surface area contributed by atoms with Crippen LogP contribution in [0.1, 0.15) is 47.0 Å². The van der Waals surface area contributed by atoms with Gasteiger partial charge in [-0.05, 0) is 66.2 Å². The summed E-state index contributed by atoms with van der Waals surface area (Å²) >= 11 is 1.01. The van der Waals surface area contributed by atoms with Gasteiger partial charge in [0.1, 0.15) is 23.1 Å². The molecule has 0 unspecified atom stereocenters. The van der Waals surface area contributed by atoms with Gasteiger partial charge in [0, 0.05) is 4.90 Å². The third-order valence-electron chi connectivity index (χ3n) is 6.64. The summed E-state index contributed by atoms with van der Waals surface area (Å²) in [5.74, 6) is -5.66. The van der Waals surface area contributed by atoms with E-state index in [9.17, 15) is 37.1 Å². The number of benzene rings is 4. The normalized spacial score (nSPS) is 14.5. The molecule has 2 aliphatic rings. The number of anilines is 2. The SMILES string of the molecule is O=C(O)c1ccc2c(c1)NC(=O)c1cc(COC(=O)c3ccc4c(c3)NC(=O)c3cccc(F)c3S4)cc(F)c1S2(=O)=O. The molecule has 0 saturated heterocycles. The molecule has 0 bridgehead atoms. The summed E-state index contributed by atoms with van der Waals surface area (Å²) in [6, 6.07) is 13.2. The van der Waals surface area contributed by atoms with Crippen molar-refractivity contribution in [1.82, 2.24) is 0 Å². The number of esters is 1. The summed E-state index contributed by atoms with van der Waals surface area (Å²) < 4.78 is 61.4. The monoisotopic (exact) mass is 622 g/mol. The molecule has 0 spiro atoms. The number of rotatable bonds is 4. The Labute approximate surface area is 245 Å². The zero-order chi connectivity index (χ0) is 30.6. The fraction of sp³-hybridized carbons (Fsp3) is 0.0345. The van der Waals surface area contributed by atoms with Crippen molar-refractivity contribution < 1.29 is 46.2 Å². The van der Waals surface area contributed by atoms with E-state index in [0.717, 1.165) is 42.1 Å². The Hall–Kier alpha value is -5.08. The molecular formula is C29H16F2N2O8S2. The first-order valence-electron chi connectivity index (χ1n) is 12.3. The summed E-state index contributed by atoms with van der Waals surface area (Å²) in [4.78, 5) is 49.0. The molecule has 6 rings (SSSR count). The molecule has 0 fully saturated rings. The summed E-state index contributed by atoms with van der Waals surface area (Å²) in [5, 5.41) is 14.2. The lowest BCUT2D eigenvalue weighted by molar-refractivity contribution is 0.0471. The topological polar surface area (TPSA) is 156 Å². The highest BCUT2D eigenvalue weighted by Crippen LogP contribution is 2.41. The second-order valence-corrected chi connectivity index (χ2v) is 12.3. The Morgan fingerprint density at radius 2 is 1.53 bits per heavy atom. The van der Waals surface area contributed by atoms with E-state index in [1.165, 1.54) is 36.4 Å². The zero-order valence-electron chi connectivity index (χ0n) is 21.4. The highest BCUT2D eigenvalue weighted by atomic mass is 32.2. The lowest BCUT2D eigenvalue weighted by Crippen LogP contribution is -2.15. The van der Waals surface area contributed by atoms with E-state index in [1.807, 2.05) is 0 Å². The molecule has 10 nitrogen and oxygen atoms in total. The van der Waals surface area contributed by atoms with Gasteiger partial charge in [-0.15, -0.1) is 0 Å². The largest absolute Gasteiger partial charge is 0.478 e. The number of carbonyl (C=O) groups excluding carboxylic acids is 3. The molecule has 2 aliphatic heterocycles. The minimum atomic E-state index is -4.59. The number of aromatic carboxylic acids is 1. The average molecular weight is 623 g/mol. The van der Waals surface area contributed by atoms with E-state index in [0.29, 0.717) is 4.90 Å². The number of carbonyl (C=O) groups is 4. The van der Waals surface area contributed by atoms with Crippen molar-refractivity contribution in [2.24, 2.45) is 0 Å². The van der Waals surface area contributed by atoms with Gasteiger partial charge in [0.2, 0.25) is 9.84 Å². The number of amides is 2. The molecule has 216 valence electrons. The van der Waals surface area contributed by atoms with Crippen LogP contribution in [-0.4, -0.2) is 37.3 Å². The maximum atomic E-state index is 15.3. The van der Waals surface area contributed by atoms with Crippen LogP contribution in [0.3, 0.4) is 0 Å². The highest BCUT2D eigenvalue weighted by molar-refractivity contribution is 7.99.